The molecule has 0 heterocycles. The van der Waals surface area contributed by atoms with Gasteiger partial charge in [0, 0.05) is 19.1 Å². The Morgan fingerprint density at radius 3 is 2.47 bits per heavy atom. The van der Waals surface area contributed by atoms with Crippen LogP contribution in [0.4, 0.5) is 4.39 Å². The van der Waals surface area contributed by atoms with Crippen molar-refractivity contribution in [2.45, 2.75) is 11.8 Å². The van der Waals surface area contributed by atoms with Crippen LogP contribution in [-0.4, -0.2) is 50.4 Å². The van der Waals surface area contributed by atoms with Crippen LogP contribution in [0.2, 0.25) is 0 Å². The third-order valence-corrected chi connectivity index (χ3v) is 3.20. The van der Waals surface area contributed by atoms with Crippen molar-refractivity contribution in [1.29, 1.82) is 0 Å². The van der Waals surface area contributed by atoms with Gasteiger partial charge in [-0.3, -0.25) is 0 Å². The third-order valence-electron chi connectivity index (χ3n) is 3.20. The van der Waals surface area contributed by atoms with E-state index >= 15 is 0 Å². The second kappa shape index (κ2) is 8.22. The van der Waals surface area contributed by atoms with Gasteiger partial charge in [-0.2, -0.15) is 0 Å². The van der Waals surface area contributed by atoms with Gasteiger partial charge in [0.2, 0.25) is 0 Å². The summed E-state index contributed by atoms with van der Waals surface area (Å²) in [6, 6.07) is 5.93. The van der Waals surface area contributed by atoms with E-state index in [9.17, 15) is 14.6 Å². The Kier molecular flexibility index (Phi) is 6.94. The Morgan fingerprint density at radius 1 is 1.16 bits per heavy atom. The molecule has 0 atom stereocenters. The van der Waals surface area contributed by atoms with E-state index in [1.165, 1.54) is 12.1 Å². The van der Waals surface area contributed by atoms with Crippen LogP contribution in [0.25, 0.3) is 0 Å². The van der Waals surface area contributed by atoms with E-state index in [1.807, 2.05) is 0 Å². The predicted molar refractivity (Wildman–Crippen MR) is 69.6 cm³/mol. The van der Waals surface area contributed by atoms with E-state index < -0.39 is 5.41 Å². The van der Waals surface area contributed by atoms with E-state index in [4.69, 9.17) is 9.47 Å². The Morgan fingerprint density at radius 2 is 1.89 bits per heavy atom. The van der Waals surface area contributed by atoms with Crippen LogP contribution < -0.4 is 0 Å². The lowest BCUT2D eigenvalue weighted by molar-refractivity contribution is 0.0390. The standard InChI is InChI=1S/C14H21FO4/c1-18-7-8-19-6-5-14(10-16,11-17)12-3-2-4-13(15)9-12/h2-4,9,16-17H,5-8,10-11H2,1H3. The highest BCUT2D eigenvalue weighted by molar-refractivity contribution is 5.26. The molecular weight excluding hydrogens is 251 g/mol. The summed E-state index contributed by atoms with van der Waals surface area (Å²) in [6.07, 6.45) is 0.410. The minimum absolute atomic E-state index is 0.263. The van der Waals surface area contributed by atoms with Gasteiger partial charge in [0.25, 0.3) is 0 Å². The van der Waals surface area contributed by atoms with Crippen LogP contribution in [0.15, 0.2) is 24.3 Å². The smallest absolute Gasteiger partial charge is 0.123 e. The van der Waals surface area contributed by atoms with Gasteiger partial charge in [-0.1, -0.05) is 12.1 Å². The highest BCUT2D eigenvalue weighted by atomic mass is 19.1. The first-order chi connectivity index (χ1) is 9.18. The van der Waals surface area contributed by atoms with Gasteiger partial charge in [0.05, 0.1) is 26.4 Å². The summed E-state index contributed by atoms with van der Waals surface area (Å²) >= 11 is 0. The van der Waals surface area contributed by atoms with E-state index in [0.717, 1.165) is 0 Å². The number of aliphatic hydroxyl groups is 2. The molecule has 19 heavy (non-hydrogen) atoms. The highest BCUT2D eigenvalue weighted by Gasteiger charge is 2.31. The number of hydrogen-bond acceptors (Lipinski definition) is 4. The van der Waals surface area contributed by atoms with Gasteiger partial charge in [0.15, 0.2) is 0 Å². The first kappa shape index (κ1) is 16.0. The summed E-state index contributed by atoms with van der Waals surface area (Å²) in [5.41, 5.74) is -0.303. The topological polar surface area (TPSA) is 58.9 Å². The largest absolute Gasteiger partial charge is 0.395 e. The number of halogens is 1. The summed E-state index contributed by atoms with van der Waals surface area (Å²) < 4.78 is 23.4. The lowest BCUT2D eigenvalue weighted by Crippen LogP contribution is -2.36. The second-order valence-corrected chi connectivity index (χ2v) is 4.46. The zero-order valence-electron chi connectivity index (χ0n) is 11.1. The quantitative estimate of drug-likeness (QED) is 0.661. The van der Waals surface area contributed by atoms with Crippen molar-refractivity contribution in [3.05, 3.63) is 35.6 Å². The molecule has 0 unspecified atom stereocenters. The van der Waals surface area contributed by atoms with Gasteiger partial charge in [-0.15, -0.1) is 0 Å². The maximum absolute atomic E-state index is 13.2. The van der Waals surface area contributed by atoms with Crippen LogP contribution in [0.3, 0.4) is 0 Å². The summed E-state index contributed by atoms with van der Waals surface area (Å²) in [7, 11) is 1.59. The van der Waals surface area contributed by atoms with Crippen LogP contribution in [0.5, 0.6) is 0 Å². The van der Waals surface area contributed by atoms with Crippen LogP contribution in [-0.2, 0) is 14.9 Å². The molecule has 0 saturated heterocycles. The van der Waals surface area contributed by atoms with Gasteiger partial charge >= 0.3 is 0 Å². The maximum atomic E-state index is 13.2. The Labute approximate surface area is 112 Å². The van der Waals surface area contributed by atoms with E-state index in [2.05, 4.69) is 0 Å². The normalized spacial score (nSPS) is 11.8. The molecule has 0 radical (unpaired) electrons. The summed E-state index contributed by atoms with van der Waals surface area (Å²) in [5, 5.41) is 19.1. The number of ether oxygens (including phenoxy) is 2. The third kappa shape index (κ3) is 4.54. The van der Waals surface area contributed by atoms with Crippen LogP contribution in [0.1, 0.15) is 12.0 Å². The van der Waals surface area contributed by atoms with Crippen molar-refractivity contribution >= 4 is 0 Å². The number of methoxy groups -OCH3 is 1. The monoisotopic (exact) mass is 272 g/mol. The zero-order chi connectivity index (χ0) is 14.1. The molecule has 1 aromatic rings. The van der Waals surface area contributed by atoms with Crippen molar-refractivity contribution in [3.63, 3.8) is 0 Å². The molecule has 0 aliphatic rings. The van der Waals surface area contributed by atoms with E-state index in [0.29, 0.717) is 31.8 Å². The molecule has 0 aliphatic carbocycles. The number of hydrogen-bond donors (Lipinski definition) is 2. The molecule has 0 bridgehead atoms. The van der Waals surface area contributed by atoms with Gasteiger partial charge in [-0.25, -0.2) is 4.39 Å². The van der Waals surface area contributed by atoms with Crippen molar-refractivity contribution < 1.29 is 24.1 Å². The molecule has 1 rings (SSSR count). The van der Waals surface area contributed by atoms with Crippen LogP contribution in [0, 0.1) is 5.82 Å². The summed E-state index contributed by atoms with van der Waals surface area (Å²) in [4.78, 5) is 0. The minimum atomic E-state index is -0.880. The molecular formula is C14H21FO4. The van der Waals surface area contributed by atoms with Gasteiger partial charge in [-0.05, 0) is 24.1 Å². The average Bonchev–Trinajstić information content (AvgIpc) is 2.43. The number of benzene rings is 1. The van der Waals surface area contributed by atoms with E-state index in [1.54, 1.807) is 19.2 Å². The Hall–Kier alpha value is -1.01. The van der Waals surface area contributed by atoms with Crippen molar-refractivity contribution in [1.82, 2.24) is 0 Å². The molecule has 0 spiro atoms. The van der Waals surface area contributed by atoms with Crippen LogP contribution >= 0.6 is 0 Å². The Bertz CT molecular complexity index is 366. The molecule has 1 aromatic carbocycles. The molecule has 0 fully saturated rings. The summed E-state index contributed by atoms with van der Waals surface area (Å²) in [5.74, 6) is -0.385. The summed E-state index contributed by atoms with van der Waals surface area (Å²) in [6.45, 7) is 0.778. The van der Waals surface area contributed by atoms with Crippen molar-refractivity contribution in [2.24, 2.45) is 0 Å². The first-order valence-corrected chi connectivity index (χ1v) is 6.23. The fourth-order valence-corrected chi connectivity index (χ4v) is 1.87. The average molecular weight is 272 g/mol. The van der Waals surface area contributed by atoms with Gasteiger partial charge < -0.3 is 19.7 Å². The SMILES string of the molecule is COCCOCCC(CO)(CO)c1cccc(F)c1. The first-order valence-electron chi connectivity index (χ1n) is 6.23. The fraction of sp³-hybridized carbons (Fsp3) is 0.571. The molecule has 2 N–H and O–H groups in total. The zero-order valence-corrected chi connectivity index (χ0v) is 11.1. The molecule has 108 valence electrons. The fourth-order valence-electron chi connectivity index (χ4n) is 1.87. The molecule has 0 amide bonds. The molecule has 0 aromatic heterocycles. The van der Waals surface area contributed by atoms with Gasteiger partial charge in [0.1, 0.15) is 5.82 Å². The molecule has 4 nitrogen and oxygen atoms in total. The number of aliphatic hydroxyl groups excluding tert-OH is 2. The van der Waals surface area contributed by atoms with Crippen molar-refractivity contribution in [2.75, 3.05) is 40.1 Å². The molecule has 0 aliphatic heterocycles. The van der Waals surface area contributed by atoms with E-state index in [-0.39, 0.29) is 19.0 Å². The lowest BCUT2D eigenvalue weighted by atomic mass is 9.79. The predicted octanol–water partition coefficient (Wildman–Crippen LogP) is 1.10. The Balaban J connectivity index is 2.68. The molecule has 5 heteroatoms. The lowest BCUT2D eigenvalue weighted by Gasteiger charge is -2.30. The van der Waals surface area contributed by atoms with Crippen molar-refractivity contribution in [3.8, 4) is 0 Å². The maximum Gasteiger partial charge on any atom is 0.123 e. The number of rotatable bonds is 9. The minimum Gasteiger partial charge on any atom is -0.395 e. The second-order valence-electron chi connectivity index (χ2n) is 4.46. The molecule has 0 saturated carbocycles. The highest BCUT2D eigenvalue weighted by Crippen LogP contribution is 2.27.